The predicted octanol–water partition coefficient (Wildman–Crippen LogP) is 0.401. The third-order valence-electron chi connectivity index (χ3n) is 2.65. The smallest absolute Gasteiger partial charge is 0.0823 e. The van der Waals surface area contributed by atoms with Crippen LogP contribution in [0.5, 0.6) is 0 Å². The van der Waals surface area contributed by atoms with Gasteiger partial charge in [0.25, 0.3) is 0 Å². The van der Waals surface area contributed by atoms with Gasteiger partial charge >= 0.3 is 0 Å². The predicted molar refractivity (Wildman–Crippen MR) is 46.2 cm³/mol. The van der Waals surface area contributed by atoms with E-state index >= 15 is 0 Å². The van der Waals surface area contributed by atoms with Gasteiger partial charge in [-0.1, -0.05) is 0 Å². The summed E-state index contributed by atoms with van der Waals surface area (Å²) < 4.78 is 11.0. The topological polar surface area (TPSA) is 30.5 Å². The lowest BCUT2D eigenvalue weighted by atomic mass is 10.0. The van der Waals surface area contributed by atoms with Crippen molar-refractivity contribution in [2.45, 2.75) is 18.9 Å². The number of hydrogen-bond acceptors (Lipinski definition) is 3. The largest absolute Gasteiger partial charge is 0.381 e. The molecule has 0 aromatic heterocycles. The molecule has 0 aromatic carbocycles. The summed E-state index contributed by atoms with van der Waals surface area (Å²) in [5.74, 6) is 0.749. The van der Waals surface area contributed by atoms with Crippen LogP contribution in [0.4, 0.5) is 0 Å². The molecule has 3 nitrogen and oxygen atoms in total. The van der Waals surface area contributed by atoms with Crippen LogP contribution in [0.15, 0.2) is 0 Å². The van der Waals surface area contributed by atoms with E-state index in [4.69, 9.17) is 9.47 Å². The molecular weight excluding hydrogens is 154 g/mol. The van der Waals surface area contributed by atoms with Gasteiger partial charge in [0.15, 0.2) is 0 Å². The molecule has 2 heterocycles. The molecule has 2 aliphatic rings. The summed E-state index contributed by atoms with van der Waals surface area (Å²) in [6.45, 7) is 4.88. The maximum absolute atomic E-state index is 5.70. The first-order valence-corrected chi connectivity index (χ1v) is 4.85. The number of ether oxygens (including phenoxy) is 2. The maximum Gasteiger partial charge on any atom is 0.0823 e. The van der Waals surface area contributed by atoms with Crippen LogP contribution < -0.4 is 5.32 Å². The maximum atomic E-state index is 5.70. The molecule has 70 valence electrons. The Morgan fingerprint density at radius 3 is 2.58 bits per heavy atom. The van der Waals surface area contributed by atoms with Crippen molar-refractivity contribution in [3.63, 3.8) is 0 Å². The second-order valence-corrected chi connectivity index (χ2v) is 3.67. The average Bonchev–Trinajstić information content (AvgIpc) is 2.04. The molecule has 1 N–H and O–H groups in total. The highest BCUT2D eigenvalue weighted by molar-refractivity contribution is 4.75. The molecule has 0 saturated carbocycles. The summed E-state index contributed by atoms with van der Waals surface area (Å²) in [7, 11) is 0. The quantitative estimate of drug-likeness (QED) is 0.667. The normalized spacial score (nSPS) is 27.0. The zero-order valence-corrected chi connectivity index (χ0v) is 7.42. The van der Waals surface area contributed by atoms with Crippen molar-refractivity contribution in [2.24, 2.45) is 5.92 Å². The van der Waals surface area contributed by atoms with Gasteiger partial charge in [-0.3, -0.25) is 0 Å². The van der Waals surface area contributed by atoms with Gasteiger partial charge in [-0.05, 0) is 18.8 Å². The van der Waals surface area contributed by atoms with Gasteiger partial charge in [-0.25, -0.2) is 0 Å². The van der Waals surface area contributed by atoms with Crippen LogP contribution >= 0.6 is 0 Å². The first kappa shape index (κ1) is 8.48. The molecule has 2 aliphatic heterocycles. The van der Waals surface area contributed by atoms with Gasteiger partial charge in [0.05, 0.1) is 12.7 Å². The monoisotopic (exact) mass is 171 g/mol. The Kier molecular flexibility index (Phi) is 2.98. The van der Waals surface area contributed by atoms with E-state index in [1.54, 1.807) is 0 Å². The van der Waals surface area contributed by atoms with Crippen molar-refractivity contribution >= 4 is 0 Å². The van der Waals surface area contributed by atoms with Gasteiger partial charge in [0, 0.05) is 26.3 Å². The SMILES string of the molecule is C1CC(COC2CNC2)CCO1. The van der Waals surface area contributed by atoms with Crippen LogP contribution in [0.1, 0.15) is 12.8 Å². The van der Waals surface area contributed by atoms with E-state index < -0.39 is 0 Å². The van der Waals surface area contributed by atoms with Crippen LogP contribution in [-0.2, 0) is 9.47 Å². The fourth-order valence-corrected chi connectivity index (χ4v) is 1.57. The molecule has 0 unspecified atom stereocenters. The zero-order valence-electron chi connectivity index (χ0n) is 7.42. The molecule has 2 fully saturated rings. The molecular formula is C9H17NO2. The van der Waals surface area contributed by atoms with E-state index in [2.05, 4.69) is 5.32 Å². The number of nitrogens with one attached hydrogen (secondary N) is 1. The summed E-state index contributed by atoms with van der Waals surface area (Å²) in [4.78, 5) is 0. The van der Waals surface area contributed by atoms with Crippen molar-refractivity contribution in [1.29, 1.82) is 0 Å². The summed E-state index contributed by atoms with van der Waals surface area (Å²) in [6.07, 6.45) is 2.85. The zero-order chi connectivity index (χ0) is 8.23. The molecule has 0 aromatic rings. The van der Waals surface area contributed by atoms with Crippen LogP contribution in [0.2, 0.25) is 0 Å². The fourth-order valence-electron chi connectivity index (χ4n) is 1.57. The minimum absolute atomic E-state index is 0.493. The number of rotatable bonds is 3. The van der Waals surface area contributed by atoms with Crippen LogP contribution in [0.3, 0.4) is 0 Å². The van der Waals surface area contributed by atoms with E-state index in [1.807, 2.05) is 0 Å². The third kappa shape index (κ3) is 2.19. The first-order valence-electron chi connectivity index (χ1n) is 4.85. The van der Waals surface area contributed by atoms with E-state index in [0.717, 1.165) is 38.8 Å². The van der Waals surface area contributed by atoms with Crippen molar-refractivity contribution in [3.05, 3.63) is 0 Å². The molecule has 0 bridgehead atoms. The Labute approximate surface area is 73.4 Å². The highest BCUT2D eigenvalue weighted by Gasteiger charge is 2.20. The lowest BCUT2D eigenvalue weighted by molar-refractivity contribution is -0.0283. The average molecular weight is 171 g/mol. The second kappa shape index (κ2) is 4.21. The van der Waals surface area contributed by atoms with E-state index in [0.29, 0.717) is 6.10 Å². The van der Waals surface area contributed by atoms with Crippen molar-refractivity contribution in [1.82, 2.24) is 5.32 Å². The fraction of sp³-hybridized carbons (Fsp3) is 1.00. The van der Waals surface area contributed by atoms with E-state index in [9.17, 15) is 0 Å². The molecule has 0 aliphatic carbocycles. The number of hydrogen-bond donors (Lipinski definition) is 1. The second-order valence-electron chi connectivity index (χ2n) is 3.67. The standard InChI is InChI=1S/C9H17NO2/c1-3-11-4-2-8(1)7-12-9-5-10-6-9/h8-10H,1-7H2. The minimum atomic E-state index is 0.493. The molecule has 2 rings (SSSR count). The Hall–Kier alpha value is -0.120. The lowest BCUT2D eigenvalue weighted by Gasteiger charge is -2.30. The van der Waals surface area contributed by atoms with E-state index in [-0.39, 0.29) is 0 Å². The summed E-state index contributed by atoms with van der Waals surface area (Å²) in [5.41, 5.74) is 0. The lowest BCUT2D eigenvalue weighted by Crippen LogP contribution is -2.49. The van der Waals surface area contributed by atoms with Gasteiger partial charge in [0.1, 0.15) is 0 Å². The summed E-state index contributed by atoms with van der Waals surface area (Å²) in [6, 6.07) is 0. The summed E-state index contributed by atoms with van der Waals surface area (Å²) in [5, 5.41) is 3.20. The molecule has 3 heteroatoms. The molecule has 2 saturated heterocycles. The molecule has 12 heavy (non-hydrogen) atoms. The van der Waals surface area contributed by atoms with E-state index in [1.165, 1.54) is 12.8 Å². The van der Waals surface area contributed by atoms with Crippen molar-refractivity contribution in [3.8, 4) is 0 Å². The van der Waals surface area contributed by atoms with Gasteiger partial charge < -0.3 is 14.8 Å². The Morgan fingerprint density at radius 1 is 1.25 bits per heavy atom. The van der Waals surface area contributed by atoms with Crippen molar-refractivity contribution in [2.75, 3.05) is 32.9 Å². The minimum Gasteiger partial charge on any atom is -0.381 e. The highest BCUT2D eigenvalue weighted by Crippen LogP contribution is 2.15. The van der Waals surface area contributed by atoms with Gasteiger partial charge in [-0.15, -0.1) is 0 Å². The Morgan fingerprint density at radius 2 is 2.00 bits per heavy atom. The molecule has 0 radical (unpaired) electrons. The summed E-state index contributed by atoms with van der Waals surface area (Å²) >= 11 is 0. The highest BCUT2D eigenvalue weighted by atomic mass is 16.5. The van der Waals surface area contributed by atoms with Crippen LogP contribution in [0, 0.1) is 5.92 Å². The third-order valence-corrected chi connectivity index (χ3v) is 2.65. The van der Waals surface area contributed by atoms with Crippen molar-refractivity contribution < 1.29 is 9.47 Å². The first-order chi connectivity index (χ1) is 5.95. The molecule has 0 spiro atoms. The Bertz CT molecular complexity index is 130. The van der Waals surface area contributed by atoms with Crippen LogP contribution in [-0.4, -0.2) is 39.0 Å². The Balaban J connectivity index is 1.58. The van der Waals surface area contributed by atoms with Crippen LogP contribution in [0.25, 0.3) is 0 Å². The molecule has 0 amide bonds. The van der Waals surface area contributed by atoms with Gasteiger partial charge in [-0.2, -0.15) is 0 Å². The molecule has 0 atom stereocenters. The van der Waals surface area contributed by atoms with Gasteiger partial charge in [0.2, 0.25) is 0 Å².